The molecule has 1 aromatic heterocycles. The molecular formula is C12H12N2O2S. The predicted molar refractivity (Wildman–Crippen MR) is 68.3 cm³/mol. The lowest BCUT2D eigenvalue weighted by atomic mass is 10.3. The molecule has 0 saturated carbocycles. The Balaban J connectivity index is 2.35. The molecule has 0 aliphatic rings. The lowest BCUT2D eigenvalue weighted by Gasteiger charge is -2.15. The Morgan fingerprint density at radius 2 is 2.00 bits per heavy atom. The third kappa shape index (κ3) is 2.29. The summed E-state index contributed by atoms with van der Waals surface area (Å²) in [6.45, 7) is 1.71. The highest BCUT2D eigenvalue weighted by Gasteiger charge is 2.16. The first kappa shape index (κ1) is 11.6. The molecule has 0 fully saturated rings. The molecule has 5 heteroatoms. The number of hydrogen-bond acceptors (Lipinski definition) is 4. The highest BCUT2D eigenvalue weighted by molar-refractivity contribution is 7.17. The summed E-state index contributed by atoms with van der Waals surface area (Å²) >= 11 is 1.19. The number of hydrogen-bond donors (Lipinski definition) is 1. The zero-order valence-corrected chi connectivity index (χ0v) is 10.4. The van der Waals surface area contributed by atoms with Gasteiger partial charge >= 0.3 is 5.97 Å². The van der Waals surface area contributed by atoms with Crippen molar-refractivity contribution in [3.05, 3.63) is 40.9 Å². The lowest BCUT2D eigenvalue weighted by molar-refractivity contribution is 0.0701. The van der Waals surface area contributed by atoms with E-state index in [1.54, 1.807) is 6.92 Å². The summed E-state index contributed by atoms with van der Waals surface area (Å²) in [4.78, 5) is 17.4. The molecule has 1 aromatic carbocycles. The Bertz CT molecular complexity index is 537. The molecule has 0 amide bonds. The van der Waals surface area contributed by atoms with Crippen LogP contribution in [0.5, 0.6) is 0 Å². The quantitative estimate of drug-likeness (QED) is 0.907. The highest BCUT2D eigenvalue weighted by Crippen LogP contribution is 2.29. The highest BCUT2D eigenvalue weighted by atomic mass is 32.1. The summed E-state index contributed by atoms with van der Waals surface area (Å²) in [7, 11) is 1.87. The monoisotopic (exact) mass is 248 g/mol. The van der Waals surface area contributed by atoms with Gasteiger partial charge in [0.15, 0.2) is 5.13 Å². The second kappa shape index (κ2) is 4.55. The van der Waals surface area contributed by atoms with E-state index < -0.39 is 5.97 Å². The van der Waals surface area contributed by atoms with Crippen LogP contribution >= 0.6 is 11.3 Å². The Hall–Kier alpha value is -1.88. The van der Waals surface area contributed by atoms with Gasteiger partial charge in [0.2, 0.25) is 0 Å². The Morgan fingerprint density at radius 3 is 2.53 bits per heavy atom. The normalized spacial score (nSPS) is 10.2. The SMILES string of the molecule is Cc1nc(N(C)c2ccccc2)sc1C(=O)O. The minimum atomic E-state index is -0.923. The van der Waals surface area contributed by atoms with Crippen molar-refractivity contribution in [1.29, 1.82) is 0 Å². The summed E-state index contributed by atoms with van der Waals surface area (Å²) in [6.07, 6.45) is 0. The van der Waals surface area contributed by atoms with Crippen LogP contribution in [0.1, 0.15) is 15.4 Å². The number of thiazole rings is 1. The van der Waals surface area contributed by atoms with Crippen molar-refractivity contribution in [3.63, 3.8) is 0 Å². The molecule has 4 nitrogen and oxygen atoms in total. The van der Waals surface area contributed by atoms with E-state index in [2.05, 4.69) is 4.98 Å². The van der Waals surface area contributed by atoms with Gasteiger partial charge in [-0.05, 0) is 19.1 Å². The molecule has 1 N–H and O–H groups in total. The van der Waals surface area contributed by atoms with Crippen LogP contribution in [0.3, 0.4) is 0 Å². The maximum atomic E-state index is 10.9. The van der Waals surface area contributed by atoms with Crippen LogP contribution in [0.4, 0.5) is 10.8 Å². The van der Waals surface area contributed by atoms with Gasteiger partial charge in [-0.1, -0.05) is 29.5 Å². The van der Waals surface area contributed by atoms with E-state index in [-0.39, 0.29) is 0 Å². The minimum Gasteiger partial charge on any atom is -0.477 e. The van der Waals surface area contributed by atoms with Gasteiger partial charge in [0.25, 0.3) is 0 Å². The van der Waals surface area contributed by atoms with Crippen molar-refractivity contribution in [1.82, 2.24) is 4.98 Å². The molecule has 17 heavy (non-hydrogen) atoms. The molecule has 2 aromatic rings. The lowest BCUT2D eigenvalue weighted by Crippen LogP contribution is -2.08. The van der Waals surface area contributed by atoms with Gasteiger partial charge in [-0.25, -0.2) is 9.78 Å². The maximum Gasteiger partial charge on any atom is 0.347 e. The summed E-state index contributed by atoms with van der Waals surface area (Å²) < 4.78 is 0. The molecule has 1 heterocycles. The number of carboxylic acids is 1. The van der Waals surface area contributed by atoms with Crippen molar-refractivity contribution in [2.24, 2.45) is 0 Å². The molecule has 0 bridgehead atoms. The van der Waals surface area contributed by atoms with Crippen LogP contribution in [0, 0.1) is 6.92 Å². The zero-order chi connectivity index (χ0) is 12.4. The van der Waals surface area contributed by atoms with Crippen molar-refractivity contribution < 1.29 is 9.90 Å². The first-order chi connectivity index (χ1) is 8.09. The topological polar surface area (TPSA) is 53.4 Å². The van der Waals surface area contributed by atoms with Crippen LogP contribution in [-0.4, -0.2) is 23.1 Å². The number of rotatable bonds is 3. The molecule has 0 aliphatic heterocycles. The zero-order valence-electron chi connectivity index (χ0n) is 9.54. The first-order valence-corrected chi connectivity index (χ1v) is 5.90. The van der Waals surface area contributed by atoms with Crippen LogP contribution in [0.2, 0.25) is 0 Å². The van der Waals surface area contributed by atoms with E-state index >= 15 is 0 Å². The third-order valence-electron chi connectivity index (χ3n) is 2.41. The molecular weight excluding hydrogens is 236 g/mol. The molecule has 2 rings (SSSR count). The van der Waals surface area contributed by atoms with Gasteiger partial charge in [-0.3, -0.25) is 0 Å². The van der Waals surface area contributed by atoms with Crippen molar-refractivity contribution >= 4 is 28.1 Å². The van der Waals surface area contributed by atoms with Crippen molar-refractivity contribution in [2.45, 2.75) is 6.92 Å². The number of aryl methyl sites for hydroxylation is 1. The van der Waals surface area contributed by atoms with Crippen molar-refractivity contribution in [2.75, 3.05) is 11.9 Å². The second-order valence-electron chi connectivity index (χ2n) is 3.61. The molecule has 0 saturated heterocycles. The number of carbonyl (C=O) groups is 1. The van der Waals surface area contributed by atoms with Gasteiger partial charge < -0.3 is 10.0 Å². The summed E-state index contributed by atoms with van der Waals surface area (Å²) in [5, 5.41) is 9.67. The molecule has 88 valence electrons. The number of carboxylic acid groups (broad SMARTS) is 1. The summed E-state index contributed by atoms with van der Waals surface area (Å²) in [6, 6.07) is 9.72. The molecule has 0 atom stereocenters. The van der Waals surface area contributed by atoms with E-state index in [1.165, 1.54) is 11.3 Å². The number of nitrogens with zero attached hydrogens (tertiary/aromatic N) is 2. The Labute approximate surface area is 103 Å². The number of benzene rings is 1. The van der Waals surface area contributed by atoms with Crippen LogP contribution in [-0.2, 0) is 0 Å². The number of para-hydroxylation sites is 1. The van der Waals surface area contributed by atoms with Gasteiger partial charge in [-0.15, -0.1) is 0 Å². The van der Waals surface area contributed by atoms with Gasteiger partial charge in [0.05, 0.1) is 5.69 Å². The van der Waals surface area contributed by atoms with E-state index in [0.717, 1.165) is 5.69 Å². The van der Waals surface area contributed by atoms with Gasteiger partial charge in [-0.2, -0.15) is 0 Å². The molecule has 0 spiro atoms. The largest absolute Gasteiger partial charge is 0.477 e. The van der Waals surface area contributed by atoms with E-state index in [9.17, 15) is 4.79 Å². The van der Waals surface area contributed by atoms with E-state index in [4.69, 9.17) is 5.11 Å². The van der Waals surface area contributed by atoms with Crippen LogP contribution < -0.4 is 4.90 Å². The average Bonchev–Trinajstić information content (AvgIpc) is 2.71. The minimum absolute atomic E-state index is 0.294. The smallest absolute Gasteiger partial charge is 0.347 e. The van der Waals surface area contributed by atoms with Gasteiger partial charge in [0.1, 0.15) is 4.88 Å². The second-order valence-corrected chi connectivity index (χ2v) is 4.59. The Kier molecular flexibility index (Phi) is 3.10. The fourth-order valence-electron chi connectivity index (χ4n) is 1.49. The number of aromatic nitrogens is 1. The first-order valence-electron chi connectivity index (χ1n) is 5.09. The Morgan fingerprint density at radius 1 is 1.35 bits per heavy atom. The molecule has 0 unspecified atom stereocenters. The maximum absolute atomic E-state index is 10.9. The standard InChI is InChI=1S/C12H12N2O2S/c1-8-10(11(15)16)17-12(13-8)14(2)9-6-4-3-5-7-9/h3-7H,1-2H3,(H,15,16). The number of aromatic carboxylic acids is 1. The van der Waals surface area contributed by atoms with Crippen molar-refractivity contribution in [3.8, 4) is 0 Å². The van der Waals surface area contributed by atoms with Crippen LogP contribution in [0.15, 0.2) is 30.3 Å². The molecule has 0 aliphatic carbocycles. The third-order valence-corrected chi connectivity index (χ3v) is 3.63. The van der Waals surface area contributed by atoms with Gasteiger partial charge in [0, 0.05) is 12.7 Å². The fraction of sp³-hybridized carbons (Fsp3) is 0.167. The van der Waals surface area contributed by atoms with Crippen LogP contribution in [0.25, 0.3) is 0 Å². The van der Waals surface area contributed by atoms with E-state index in [0.29, 0.717) is 15.7 Å². The fourth-order valence-corrected chi connectivity index (χ4v) is 2.37. The predicted octanol–water partition coefficient (Wildman–Crippen LogP) is 2.92. The average molecular weight is 248 g/mol. The van der Waals surface area contributed by atoms with E-state index in [1.807, 2.05) is 42.3 Å². The number of anilines is 2. The summed E-state index contributed by atoms with van der Waals surface area (Å²) in [5.74, 6) is -0.923. The molecule has 0 radical (unpaired) electrons. The summed E-state index contributed by atoms with van der Waals surface area (Å²) in [5.41, 5.74) is 1.54.